The monoisotopic (exact) mass is 316 g/mol. The van der Waals surface area contributed by atoms with Gasteiger partial charge in [-0.15, -0.1) is 11.8 Å². The van der Waals surface area contributed by atoms with Crippen molar-refractivity contribution in [1.29, 1.82) is 0 Å². The lowest BCUT2D eigenvalue weighted by atomic mass is 10.1. The minimum atomic E-state index is 0.233. The minimum Gasteiger partial charge on any atom is -0.312 e. The number of hydrogen-bond donors (Lipinski definition) is 1. The molecule has 0 spiro atoms. The maximum atomic E-state index is 4.34. The molecular weight excluding hydrogens is 296 g/mol. The number of halogens is 1. The van der Waals surface area contributed by atoms with Gasteiger partial charge in [-0.25, -0.2) is 4.98 Å². The van der Waals surface area contributed by atoms with Gasteiger partial charge in [0.1, 0.15) is 5.03 Å². The molecular formula is C13H21BrN2S. The van der Waals surface area contributed by atoms with Crippen LogP contribution >= 0.6 is 27.7 Å². The predicted molar refractivity (Wildman–Crippen MR) is 79.7 cm³/mol. The molecule has 1 rings (SSSR count). The average Bonchev–Trinajstić information content (AvgIpc) is 2.24. The smallest absolute Gasteiger partial charge is 0.110 e. The second kappa shape index (κ2) is 7.39. The Morgan fingerprint density at radius 1 is 1.35 bits per heavy atom. The molecule has 0 aliphatic carbocycles. The maximum Gasteiger partial charge on any atom is 0.110 e. The van der Waals surface area contributed by atoms with Gasteiger partial charge in [-0.1, -0.05) is 0 Å². The van der Waals surface area contributed by atoms with Crippen LogP contribution in [-0.4, -0.2) is 22.8 Å². The number of aromatic nitrogens is 1. The van der Waals surface area contributed by atoms with Crippen LogP contribution in [0.3, 0.4) is 0 Å². The molecule has 0 atom stereocenters. The van der Waals surface area contributed by atoms with Crippen LogP contribution in [0, 0.1) is 0 Å². The third kappa shape index (κ3) is 7.06. The van der Waals surface area contributed by atoms with Crippen LogP contribution in [0.5, 0.6) is 0 Å². The van der Waals surface area contributed by atoms with E-state index in [0.717, 1.165) is 21.8 Å². The molecule has 1 heterocycles. The summed E-state index contributed by atoms with van der Waals surface area (Å²) in [5, 5.41) is 4.59. The molecule has 0 aliphatic rings. The fraction of sp³-hybridized carbons (Fsp3) is 0.615. The number of rotatable bonds is 6. The van der Waals surface area contributed by atoms with E-state index >= 15 is 0 Å². The molecule has 17 heavy (non-hydrogen) atoms. The quantitative estimate of drug-likeness (QED) is 0.631. The highest BCUT2D eigenvalue weighted by atomic mass is 79.9. The van der Waals surface area contributed by atoms with Crippen molar-refractivity contribution in [3.63, 3.8) is 0 Å². The highest BCUT2D eigenvalue weighted by Gasteiger charge is 2.07. The molecule has 2 nitrogen and oxygen atoms in total. The van der Waals surface area contributed by atoms with E-state index in [0.29, 0.717) is 0 Å². The summed E-state index contributed by atoms with van der Waals surface area (Å²) in [6, 6.07) is 3.98. The van der Waals surface area contributed by atoms with Crippen molar-refractivity contribution in [2.24, 2.45) is 0 Å². The van der Waals surface area contributed by atoms with Crippen molar-refractivity contribution < 1.29 is 0 Å². The molecule has 1 N–H and O–H groups in total. The Balaban J connectivity index is 2.11. The second-order valence-electron chi connectivity index (χ2n) is 5.02. The third-order valence-corrected chi connectivity index (χ3v) is 4.18. The molecule has 0 aromatic carbocycles. The zero-order valence-electron chi connectivity index (χ0n) is 10.8. The van der Waals surface area contributed by atoms with E-state index in [9.17, 15) is 0 Å². The summed E-state index contributed by atoms with van der Waals surface area (Å²) in [6.07, 6.45) is 4.28. The molecule has 0 unspecified atom stereocenters. The zero-order valence-corrected chi connectivity index (χ0v) is 13.2. The van der Waals surface area contributed by atoms with Crippen LogP contribution < -0.4 is 5.32 Å². The lowest BCUT2D eigenvalue weighted by Crippen LogP contribution is -2.36. The van der Waals surface area contributed by atoms with Gasteiger partial charge in [-0.05, 0) is 74.0 Å². The first-order valence-corrected chi connectivity index (χ1v) is 7.75. The molecule has 0 radical (unpaired) electrons. The molecule has 0 bridgehead atoms. The van der Waals surface area contributed by atoms with Crippen LogP contribution in [0.1, 0.15) is 33.6 Å². The fourth-order valence-corrected chi connectivity index (χ4v) is 2.82. The molecule has 0 amide bonds. The highest BCUT2D eigenvalue weighted by Crippen LogP contribution is 2.25. The summed E-state index contributed by atoms with van der Waals surface area (Å²) in [6.45, 7) is 7.69. The Kier molecular flexibility index (Phi) is 6.52. The molecule has 1 aromatic heterocycles. The number of nitrogens with one attached hydrogen (secondary N) is 1. The van der Waals surface area contributed by atoms with E-state index < -0.39 is 0 Å². The van der Waals surface area contributed by atoms with Gasteiger partial charge in [0, 0.05) is 16.2 Å². The molecule has 0 saturated heterocycles. The van der Waals surface area contributed by atoms with Crippen LogP contribution in [-0.2, 0) is 0 Å². The minimum absolute atomic E-state index is 0.233. The van der Waals surface area contributed by atoms with Crippen LogP contribution in [0.2, 0.25) is 0 Å². The van der Waals surface area contributed by atoms with E-state index in [2.05, 4.69) is 47.0 Å². The Hall–Kier alpha value is -0.0600. The Morgan fingerprint density at radius 3 is 2.76 bits per heavy atom. The number of nitrogens with zero attached hydrogens (tertiary/aromatic N) is 1. The van der Waals surface area contributed by atoms with Gasteiger partial charge in [-0.3, -0.25) is 0 Å². The first kappa shape index (κ1) is 15.0. The van der Waals surface area contributed by atoms with Gasteiger partial charge < -0.3 is 5.32 Å². The van der Waals surface area contributed by atoms with Gasteiger partial charge in [0.15, 0.2) is 0 Å². The average molecular weight is 317 g/mol. The summed E-state index contributed by atoms with van der Waals surface area (Å²) < 4.78 is 1.10. The van der Waals surface area contributed by atoms with E-state index in [-0.39, 0.29) is 5.54 Å². The van der Waals surface area contributed by atoms with Crippen LogP contribution in [0.4, 0.5) is 0 Å². The first-order chi connectivity index (χ1) is 7.99. The highest BCUT2D eigenvalue weighted by molar-refractivity contribution is 9.10. The summed E-state index contributed by atoms with van der Waals surface area (Å²) in [5.74, 6) is 1.13. The number of thioether (sulfide) groups is 1. The van der Waals surface area contributed by atoms with Crippen molar-refractivity contribution in [2.75, 3.05) is 12.3 Å². The van der Waals surface area contributed by atoms with Gasteiger partial charge >= 0.3 is 0 Å². The lowest BCUT2D eigenvalue weighted by Gasteiger charge is -2.20. The summed E-state index contributed by atoms with van der Waals surface area (Å²) >= 11 is 5.33. The standard InChI is InChI=1S/C13H21BrN2S/c1-13(2,3)16-9-4-5-10-17-12-11(14)7-6-8-15-12/h6-8,16H,4-5,9-10H2,1-3H3. The molecule has 1 aromatic rings. The number of unbranched alkanes of at least 4 members (excludes halogenated alkanes) is 1. The Bertz CT molecular complexity index is 336. The molecule has 0 saturated carbocycles. The van der Waals surface area contributed by atoms with E-state index in [1.54, 1.807) is 0 Å². The predicted octanol–water partition coefficient (Wildman–Crippen LogP) is 4.10. The van der Waals surface area contributed by atoms with Crippen LogP contribution in [0.25, 0.3) is 0 Å². The second-order valence-corrected chi connectivity index (χ2v) is 6.96. The topological polar surface area (TPSA) is 24.9 Å². The van der Waals surface area contributed by atoms with Crippen molar-refractivity contribution >= 4 is 27.7 Å². The molecule has 4 heteroatoms. The molecule has 0 aliphatic heterocycles. The Morgan fingerprint density at radius 2 is 2.12 bits per heavy atom. The zero-order chi connectivity index (χ0) is 12.7. The van der Waals surface area contributed by atoms with Crippen molar-refractivity contribution in [3.05, 3.63) is 22.8 Å². The van der Waals surface area contributed by atoms with Gasteiger partial charge in [-0.2, -0.15) is 0 Å². The maximum absolute atomic E-state index is 4.34. The molecule has 0 fully saturated rings. The SMILES string of the molecule is CC(C)(C)NCCCCSc1ncccc1Br. The van der Waals surface area contributed by atoms with E-state index in [1.807, 2.05) is 30.1 Å². The van der Waals surface area contributed by atoms with Gasteiger partial charge in [0.25, 0.3) is 0 Å². The van der Waals surface area contributed by atoms with E-state index in [1.165, 1.54) is 12.8 Å². The number of pyridine rings is 1. The first-order valence-electron chi connectivity index (χ1n) is 5.97. The van der Waals surface area contributed by atoms with E-state index in [4.69, 9.17) is 0 Å². The fourth-order valence-electron chi connectivity index (χ4n) is 1.34. The van der Waals surface area contributed by atoms with Crippen molar-refractivity contribution in [3.8, 4) is 0 Å². The largest absolute Gasteiger partial charge is 0.312 e. The third-order valence-electron chi connectivity index (χ3n) is 2.19. The lowest BCUT2D eigenvalue weighted by molar-refractivity contribution is 0.421. The van der Waals surface area contributed by atoms with Crippen LogP contribution in [0.15, 0.2) is 27.8 Å². The summed E-state index contributed by atoms with van der Waals surface area (Å²) in [7, 11) is 0. The van der Waals surface area contributed by atoms with Crippen molar-refractivity contribution in [2.45, 2.75) is 44.2 Å². The number of hydrogen-bond acceptors (Lipinski definition) is 3. The summed E-state index contributed by atoms with van der Waals surface area (Å²) in [5.41, 5.74) is 0.233. The van der Waals surface area contributed by atoms with Crippen molar-refractivity contribution in [1.82, 2.24) is 10.3 Å². The normalized spacial score (nSPS) is 11.8. The van der Waals surface area contributed by atoms with Gasteiger partial charge in [0.2, 0.25) is 0 Å². The summed E-state index contributed by atoms with van der Waals surface area (Å²) in [4.78, 5) is 4.34. The molecule has 96 valence electrons. The van der Waals surface area contributed by atoms with Gasteiger partial charge in [0.05, 0.1) is 0 Å². The Labute approximate surface area is 117 Å².